The molecule has 0 aromatic carbocycles. The Kier molecular flexibility index (Phi) is 4.67. The molecule has 1 aromatic heterocycles. The quantitative estimate of drug-likeness (QED) is 0.866. The van der Waals surface area contributed by atoms with Crippen LogP contribution in [0.3, 0.4) is 0 Å². The molecule has 1 fully saturated rings. The van der Waals surface area contributed by atoms with Crippen LogP contribution in [0.15, 0.2) is 24.5 Å². The SMILES string of the molecule is CC1(C)CN(C(=O)c2ccncc2/C=C/C(=O)O)CCS1. The Balaban J connectivity index is 2.25. The Morgan fingerprint density at radius 3 is 2.90 bits per heavy atom. The van der Waals surface area contributed by atoms with E-state index in [1.807, 2.05) is 16.7 Å². The average Bonchev–Trinajstić information content (AvgIpc) is 2.43. The van der Waals surface area contributed by atoms with Crippen molar-refractivity contribution in [1.82, 2.24) is 9.88 Å². The first-order valence-corrected chi connectivity index (χ1v) is 7.66. The molecule has 0 saturated carbocycles. The molecule has 0 spiro atoms. The van der Waals surface area contributed by atoms with Crippen molar-refractivity contribution in [2.45, 2.75) is 18.6 Å². The first-order valence-electron chi connectivity index (χ1n) is 6.67. The lowest BCUT2D eigenvalue weighted by atomic mass is 10.1. The van der Waals surface area contributed by atoms with Gasteiger partial charge in [-0.2, -0.15) is 11.8 Å². The third kappa shape index (κ3) is 4.07. The summed E-state index contributed by atoms with van der Waals surface area (Å²) in [7, 11) is 0. The molecule has 1 amide bonds. The second-order valence-corrected chi connectivity index (χ2v) is 7.27. The first kappa shape index (κ1) is 15.6. The van der Waals surface area contributed by atoms with Gasteiger partial charge in [-0.25, -0.2) is 4.79 Å². The van der Waals surface area contributed by atoms with Gasteiger partial charge in [0.2, 0.25) is 0 Å². The highest BCUT2D eigenvalue weighted by Gasteiger charge is 2.30. The number of aliphatic carboxylic acids is 1. The Labute approximate surface area is 128 Å². The van der Waals surface area contributed by atoms with Gasteiger partial charge in [-0.3, -0.25) is 9.78 Å². The Hall–Kier alpha value is -1.82. The van der Waals surface area contributed by atoms with Gasteiger partial charge in [-0.05, 0) is 26.0 Å². The highest BCUT2D eigenvalue weighted by Crippen LogP contribution is 2.30. The molecule has 0 aliphatic carbocycles. The number of hydrogen-bond acceptors (Lipinski definition) is 4. The van der Waals surface area contributed by atoms with Crippen LogP contribution >= 0.6 is 11.8 Å². The van der Waals surface area contributed by atoms with E-state index in [1.165, 1.54) is 12.3 Å². The van der Waals surface area contributed by atoms with Crippen molar-refractivity contribution in [3.05, 3.63) is 35.7 Å². The van der Waals surface area contributed by atoms with E-state index in [0.717, 1.165) is 11.8 Å². The number of carboxylic acid groups (broad SMARTS) is 1. The smallest absolute Gasteiger partial charge is 0.328 e. The molecule has 1 aromatic rings. The van der Waals surface area contributed by atoms with Crippen molar-refractivity contribution in [2.24, 2.45) is 0 Å². The predicted molar refractivity (Wildman–Crippen MR) is 83.3 cm³/mol. The molecule has 1 aliphatic heterocycles. The van der Waals surface area contributed by atoms with E-state index in [-0.39, 0.29) is 10.7 Å². The van der Waals surface area contributed by atoms with Crippen LogP contribution < -0.4 is 0 Å². The van der Waals surface area contributed by atoms with E-state index in [4.69, 9.17) is 5.11 Å². The molecule has 5 nitrogen and oxygen atoms in total. The number of rotatable bonds is 3. The summed E-state index contributed by atoms with van der Waals surface area (Å²) in [5.41, 5.74) is 1.02. The number of thioether (sulfide) groups is 1. The lowest BCUT2D eigenvalue weighted by Crippen LogP contribution is -2.46. The number of aromatic nitrogens is 1. The van der Waals surface area contributed by atoms with Crippen molar-refractivity contribution in [3.63, 3.8) is 0 Å². The topological polar surface area (TPSA) is 70.5 Å². The predicted octanol–water partition coefficient (Wildman–Crippen LogP) is 2.15. The number of carbonyl (C=O) groups excluding carboxylic acids is 1. The van der Waals surface area contributed by atoms with Gasteiger partial charge >= 0.3 is 5.97 Å². The molecule has 1 aliphatic rings. The molecular weight excluding hydrogens is 288 g/mol. The van der Waals surface area contributed by atoms with Gasteiger partial charge in [-0.1, -0.05) is 0 Å². The Morgan fingerprint density at radius 2 is 2.24 bits per heavy atom. The standard InChI is InChI=1S/C15H18N2O3S/c1-15(2)10-17(7-8-21-15)14(20)12-5-6-16-9-11(12)3-4-13(18)19/h3-6,9H,7-8,10H2,1-2H3,(H,18,19)/b4-3+. The zero-order chi connectivity index (χ0) is 15.5. The number of hydrogen-bond donors (Lipinski definition) is 1. The molecule has 0 bridgehead atoms. The largest absolute Gasteiger partial charge is 0.478 e. The van der Waals surface area contributed by atoms with Crippen LogP contribution in [-0.4, -0.2) is 50.5 Å². The highest BCUT2D eigenvalue weighted by atomic mass is 32.2. The fourth-order valence-corrected chi connectivity index (χ4v) is 3.37. The van der Waals surface area contributed by atoms with Crippen LogP contribution in [-0.2, 0) is 4.79 Å². The summed E-state index contributed by atoms with van der Waals surface area (Å²) in [6.07, 6.45) is 5.49. The number of nitrogens with zero attached hydrogens (tertiary/aromatic N) is 2. The summed E-state index contributed by atoms with van der Waals surface area (Å²) in [5.74, 6) is -0.215. The van der Waals surface area contributed by atoms with Crippen LogP contribution in [0.5, 0.6) is 0 Å². The van der Waals surface area contributed by atoms with Crippen molar-refractivity contribution >= 4 is 29.7 Å². The summed E-state index contributed by atoms with van der Waals surface area (Å²) < 4.78 is 0.0397. The summed E-state index contributed by atoms with van der Waals surface area (Å²) in [6.45, 7) is 5.63. The summed E-state index contributed by atoms with van der Waals surface area (Å²) in [6, 6.07) is 1.64. The fraction of sp³-hybridized carbons (Fsp3) is 0.400. The number of carboxylic acids is 1. The number of pyridine rings is 1. The third-order valence-corrected chi connectivity index (χ3v) is 4.50. The molecule has 112 valence electrons. The lowest BCUT2D eigenvalue weighted by molar-refractivity contribution is -0.131. The van der Waals surface area contributed by atoms with Crippen molar-refractivity contribution < 1.29 is 14.7 Å². The molecule has 2 heterocycles. The first-order chi connectivity index (χ1) is 9.89. The maximum Gasteiger partial charge on any atom is 0.328 e. The molecule has 0 radical (unpaired) electrons. The molecule has 1 saturated heterocycles. The highest BCUT2D eigenvalue weighted by molar-refractivity contribution is 8.00. The molecule has 2 rings (SSSR count). The molecule has 0 atom stereocenters. The molecule has 6 heteroatoms. The molecule has 0 unspecified atom stereocenters. The van der Waals surface area contributed by atoms with Crippen molar-refractivity contribution in [3.8, 4) is 0 Å². The van der Waals surface area contributed by atoms with Gasteiger partial charge in [0.1, 0.15) is 0 Å². The van der Waals surface area contributed by atoms with Crippen LogP contribution in [0.1, 0.15) is 29.8 Å². The van der Waals surface area contributed by atoms with Gasteiger partial charge in [-0.15, -0.1) is 0 Å². The number of amides is 1. The monoisotopic (exact) mass is 306 g/mol. The van der Waals surface area contributed by atoms with Crippen molar-refractivity contribution in [1.29, 1.82) is 0 Å². The Bertz CT molecular complexity index is 584. The second kappa shape index (κ2) is 6.30. The van der Waals surface area contributed by atoms with Gasteiger partial charge in [0.15, 0.2) is 0 Å². The summed E-state index contributed by atoms with van der Waals surface area (Å²) in [5, 5.41) is 8.72. The van der Waals surface area contributed by atoms with Crippen LogP contribution in [0, 0.1) is 0 Å². The van der Waals surface area contributed by atoms with Gasteiger partial charge in [0, 0.05) is 53.2 Å². The van der Waals surface area contributed by atoms with Crippen molar-refractivity contribution in [2.75, 3.05) is 18.8 Å². The van der Waals surface area contributed by atoms with Crippen LogP contribution in [0.2, 0.25) is 0 Å². The van der Waals surface area contributed by atoms with Crippen LogP contribution in [0.4, 0.5) is 0 Å². The third-order valence-electron chi connectivity index (χ3n) is 3.20. The Morgan fingerprint density at radius 1 is 1.48 bits per heavy atom. The van der Waals surface area contributed by atoms with E-state index < -0.39 is 5.97 Å². The maximum absolute atomic E-state index is 12.7. The van der Waals surface area contributed by atoms with E-state index in [0.29, 0.717) is 24.2 Å². The minimum absolute atomic E-state index is 0.0397. The van der Waals surface area contributed by atoms with E-state index in [9.17, 15) is 9.59 Å². The second-order valence-electron chi connectivity index (χ2n) is 5.47. The maximum atomic E-state index is 12.7. The zero-order valence-electron chi connectivity index (χ0n) is 12.1. The van der Waals surface area contributed by atoms with Gasteiger partial charge in [0.05, 0.1) is 0 Å². The van der Waals surface area contributed by atoms with Crippen LogP contribution in [0.25, 0.3) is 6.08 Å². The molecule has 1 N–H and O–H groups in total. The number of carbonyl (C=O) groups is 2. The molecule has 21 heavy (non-hydrogen) atoms. The molecular formula is C15H18N2O3S. The lowest BCUT2D eigenvalue weighted by Gasteiger charge is -2.37. The minimum Gasteiger partial charge on any atom is -0.478 e. The normalized spacial score (nSPS) is 17.9. The van der Waals surface area contributed by atoms with E-state index in [1.54, 1.807) is 12.3 Å². The summed E-state index contributed by atoms with van der Waals surface area (Å²) >= 11 is 1.86. The van der Waals surface area contributed by atoms with E-state index in [2.05, 4.69) is 18.8 Å². The average molecular weight is 306 g/mol. The van der Waals surface area contributed by atoms with E-state index >= 15 is 0 Å². The van der Waals surface area contributed by atoms with Gasteiger partial charge in [0.25, 0.3) is 5.91 Å². The zero-order valence-corrected chi connectivity index (χ0v) is 12.9. The minimum atomic E-state index is -1.05. The van der Waals surface area contributed by atoms with Gasteiger partial charge < -0.3 is 10.0 Å². The fourth-order valence-electron chi connectivity index (χ4n) is 2.26. The summed E-state index contributed by atoms with van der Waals surface area (Å²) in [4.78, 5) is 29.1.